The number of pyridine rings is 1. The summed E-state index contributed by atoms with van der Waals surface area (Å²) in [5, 5.41) is 2.33. The van der Waals surface area contributed by atoms with Gasteiger partial charge in [-0.05, 0) is 36.6 Å². The normalized spacial score (nSPS) is 16.3. The quantitative estimate of drug-likeness (QED) is 0.495. The minimum Gasteiger partial charge on any atom is -0.349 e. The van der Waals surface area contributed by atoms with E-state index in [1.54, 1.807) is 6.07 Å². The van der Waals surface area contributed by atoms with Gasteiger partial charge in [-0.1, -0.05) is 18.2 Å². The van der Waals surface area contributed by atoms with Crippen molar-refractivity contribution in [2.45, 2.75) is 42.1 Å². The van der Waals surface area contributed by atoms with E-state index in [1.165, 1.54) is 24.4 Å². The average molecular weight is 463 g/mol. The number of thioether (sulfide) groups is 1. The Morgan fingerprint density at radius 3 is 2.45 bits per heavy atom. The molecule has 2 aromatic rings. The number of benzene rings is 1. The molecule has 1 amide bonds. The number of amides is 1. The number of aromatic nitrogens is 1. The molecule has 31 heavy (non-hydrogen) atoms. The Bertz CT molecular complexity index is 910. The van der Waals surface area contributed by atoms with Crippen molar-refractivity contribution < 1.29 is 31.1 Å². The van der Waals surface area contributed by atoms with Crippen LogP contribution in [-0.2, 0) is 12.7 Å². The molecule has 4 nitrogen and oxygen atoms in total. The highest BCUT2D eigenvalue weighted by Gasteiger charge is 2.33. The zero-order chi connectivity index (χ0) is 22.6. The van der Waals surface area contributed by atoms with Crippen LogP contribution in [0.3, 0.4) is 0 Å². The smallest absolute Gasteiger partial charge is 0.349 e. The Morgan fingerprint density at radius 2 is 1.81 bits per heavy atom. The summed E-state index contributed by atoms with van der Waals surface area (Å²) in [7, 11) is 0. The largest absolute Gasteiger partial charge is 0.447 e. The molecule has 168 valence electrons. The van der Waals surface area contributed by atoms with Gasteiger partial charge in [0, 0.05) is 43.6 Å². The van der Waals surface area contributed by atoms with Gasteiger partial charge < -0.3 is 5.32 Å². The fraction of sp³-hybridized carbons (Fsp3) is 0.400. The van der Waals surface area contributed by atoms with Gasteiger partial charge in [0.05, 0.1) is 11.1 Å². The summed E-state index contributed by atoms with van der Waals surface area (Å²) in [6, 6.07) is 7.59. The van der Waals surface area contributed by atoms with E-state index < -0.39 is 39.9 Å². The zero-order valence-electron chi connectivity index (χ0n) is 16.1. The lowest BCUT2D eigenvalue weighted by molar-refractivity contribution is -0.137. The van der Waals surface area contributed by atoms with Crippen LogP contribution in [0.4, 0.5) is 26.3 Å². The Balaban J connectivity index is 1.55. The third-order valence-electron chi connectivity index (χ3n) is 4.81. The minimum atomic E-state index is -4.56. The second-order valence-corrected chi connectivity index (χ2v) is 8.18. The first kappa shape index (κ1) is 23.4. The molecule has 1 N–H and O–H groups in total. The predicted octanol–water partition coefficient (Wildman–Crippen LogP) is 5.11. The second kappa shape index (κ2) is 9.47. The maximum absolute atomic E-state index is 12.9. The van der Waals surface area contributed by atoms with Crippen LogP contribution in [0.1, 0.15) is 34.3 Å². The van der Waals surface area contributed by atoms with Crippen molar-refractivity contribution in [1.29, 1.82) is 0 Å². The molecule has 1 aromatic carbocycles. The van der Waals surface area contributed by atoms with Crippen molar-refractivity contribution >= 4 is 17.7 Å². The van der Waals surface area contributed by atoms with E-state index in [1.807, 2.05) is 4.90 Å². The van der Waals surface area contributed by atoms with Crippen LogP contribution >= 0.6 is 11.8 Å². The van der Waals surface area contributed by atoms with Gasteiger partial charge in [0.25, 0.3) is 5.91 Å². The summed E-state index contributed by atoms with van der Waals surface area (Å²) in [6.45, 7) is 1.43. The molecule has 1 fully saturated rings. The first-order valence-electron chi connectivity index (χ1n) is 9.41. The van der Waals surface area contributed by atoms with Crippen molar-refractivity contribution in [3.63, 3.8) is 0 Å². The zero-order valence-corrected chi connectivity index (χ0v) is 16.9. The number of nitrogens with one attached hydrogen (secondary N) is 1. The first-order chi connectivity index (χ1) is 14.5. The number of carbonyl (C=O) groups is 1. The molecule has 0 bridgehead atoms. The van der Waals surface area contributed by atoms with Crippen molar-refractivity contribution in [3.05, 3.63) is 59.3 Å². The van der Waals surface area contributed by atoms with Gasteiger partial charge in [-0.15, -0.1) is 0 Å². The number of alkyl halides is 6. The SMILES string of the molecule is O=C(NC1CCN(Cc2cccc(C(F)(F)F)c2)CC1)c1cccnc1SC(F)(F)F. The van der Waals surface area contributed by atoms with E-state index in [2.05, 4.69) is 10.3 Å². The van der Waals surface area contributed by atoms with Crippen LogP contribution < -0.4 is 5.32 Å². The third kappa shape index (κ3) is 6.86. The highest BCUT2D eigenvalue weighted by atomic mass is 32.2. The van der Waals surface area contributed by atoms with Crippen LogP contribution in [0.15, 0.2) is 47.6 Å². The molecule has 11 heteroatoms. The van der Waals surface area contributed by atoms with E-state index >= 15 is 0 Å². The number of carbonyl (C=O) groups excluding carboxylic acids is 1. The Morgan fingerprint density at radius 1 is 1.10 bits per heavy atom. The summed E-state index contributed by atoms with van der Waals surface area (Å²) < 4.78 is 76.6. The molecule has 1 aliphatic heterocycles. The molecule has 1 aromatic heterocycles. The maximum atomic E-state index is 12.9. The fourth-order valence-corrected chi connectivity index (χ4v) is 3.96. The van der Waals surface area contributed by atoms with Crippen molar-refractivity contribution in [2.75, 3.05) is 13.1 Å². The number of halogens is 6. The molecule has 0 spiro atoms. The predicted molar refractivity (Wildman–Crippen MR) is 103 cm³/mol. The number of piperidine rings is 1. The van der Waals surface area contributed by atoms with Crippen LogP contribution in [0.5, 0.6) is 0 Å². The van der Waals surface area contributed by atoms with Crippen molar-refractivity contribution in [2.24, 2.45) is 0 Å². The summed E-state index contributed by atoms with van der Waals surface area (Å²) in [4.78, 5) is 18.1. The third-order valence-corrected chi connectivity index (χ3v) is 5.56. The first-order valence-corrected chi connectivity index (χ1v) is 10.2. The van der Waals surface area contributed by atoms with Crippen LogP contribution in [0.2, 0.25) is 0 Å². The molecule has 0 atom stereocenters. The summed E-state index contributed by atoms with van der Waals surface area (Å²) in [6.07, 6.45) is -2.14. The van der Waals surface area contributed by atoms with Gasteiger partial charge in [-0.3, -0.25) is 9.69 Å². The highest BCUT2D eigenvalue weighted by Crippen LogP contribution is 2.37. The standard InChI is InChI=1S/C20H19F6N3OS/c21-19(22,23)14-4-1-3-13(11-14)12-29-9-6-15(7-10-29)28-17(30)16-5-2-8-27-18(16)31-20(24,25)26/h1-5,8,11,15H,6-7,9-10,12H2,(H,28,30). The van der Waals surface area contributed by atoms with E-state index in [9.17, 15) is 31.1 Å². The van der Waals surface area contributed by atoms with Gasteiger partial charge in [-0.2, -0.15) is 26.3 Å². The number of hydrogen-bond acceptors (Lipinski definition) is 4. The second-order valence-electron chi connectivity index (χ2n) is 7.13. The lowest BCUT2D eigenvalue weighted by Gasteiger charge is -2.32. The lowest BCUT2D eigenvalue weighted by atomic mass is 10.0. The average Bonchev–Trinajstić information content (AvgIpc) is 2.68. The van der Waals surface area contributed by atoms with Crippen LogP contribution in [0.25, 0.3) is 0 Å². The molecular weight excluding hydrogens is 444 g/mol. The van der Waals surface area contributed by atoms with Gasteiger partial charge in [-0.25, -0.2) is 4.98 Å². The number of likely N-dealkylation sites (tertiary alicyclic amines) is 1. The fourth-order valence-electron chi connectivity index (χ4n) is 3.36. The summed E-state index contributed by atoms with van der Waals surface area (Å²) in [5.41, 5.74) is -4.85. The van der Waals surface area contributed by atoms with Gasteiger partial charge in [0.1, 0.15) is 5.03 Å². The molecule has 2 heterocycles. The number of hydrogen-bond donors (Lipinski definition) is 1. The Kier molecular flexibility index (Phi) is 7.15. The lowest BCUT2D eigenvalue weighted by Crippen LogP contribution is -2.44. The molecule has 0 saturated carbocycles. The molecule has 1 aliphatic rings. The molecule has 0 radical (unpaired) electrons. The van der Waals surface area contributed by atoms with Crippen LogP contribution in [0, 0.1) is 0 Å². The molecule has 1 saturated heterocycles. The van der Waals surface area contributed by atoms with Crippen LogP contribution in [-0.4, -0.2) is 40.4 Å². The van der Waals surface area contributed by atoms with Crippen molar-refractivity contribution in [3.8, 4) is 0 Å². The maximum Gasteiger partial charge on any atom is 0.447 e. The number of rotatable bonds is 5. The number of nitrogens with zero attached hydrogens (tertiary/aromatic N) is 2. The molecule has 3 rings (SSSR count). The minimum absolute atomic E-state index is 0.142. The van der Waals surface area contributed by atoms with E-state index in [0.29, 0.717) is 38.0 Å². The Hall–Kier alpha value is -2.27. The van der Waals surface area contributed by atoms with Crippen molar-refractivity contribution in [1.82, 2.24) is 15.2 Å². The monoisotopic (exact) mass is 463 g/mol. The topological polar surface area (TPSA) is 45.2 Å². The highest BCUT2D eigenvalue weighted by molar-refractivity contribution is 8.00. The molecular formula is C20H19F6N3OS. The molecule has 0 unspecified atom stereocenters. The van der Waals surface area contributed by atoms with Gasteiger partial charge in [0.2, 0.25) is 0 Å². The van der Waals surface area contributed by atoms with Gasteiger partial charge in [0.15, 0.2) is 0 Å². The van der Waals surface area contributed by atoms with E-state index in [-0.39, 0.29) is 11.6 Å². The Labute approximate surface area is 179 Å². The summed E-state index contributed by atoms with van der Waals surface area (Å²) in [5.74, 6) is -0.629. The molecule has 0 aliphatic carbocycles. The van der Waals surface area contributed by atoms with Gasteiger partial charge >= 0.3 is 11.7 Å². The summed E-state index contributed by atoms with van der Waals surface area (Å²) >= 11 is -0.438. The van der Waals surface area contributed by atoms with E-state index in [0.717, 1.165) is 12.1 Å². The van der Waals surface area contributed by atoms with E-state index in [4.69, 9.17) is 0 Å².